The van der Waals surface area contributed by atoms with E-state index in [1.54, 1.807) is 4.90 Å². The Morgan fingerprint density at radius 2 is 1.83 bits per heavy atom. The predicted octanol–water partition coefficient (Wildman–Crippen LogP) is 0.942. The van der Waals surface area contributed by atoms with E-state index in [0.717, 1.165) is 13.1 Å². The van der Waals surface area contributed by atoms with E-state index in [-0.39, 0.29) is 5.28 Å². The second-order valence-electron chi connectivity index (χ2n) is 5.08. The fourth-order valence-electron chi connectivity index (χ4n) is 1.86. The molecule has 6 nitrogen and oxygen atoms in total. The molecule has 100 valence electrons. The van der Waals surface area contributed by atoms with Crippen LogP contribution in [0, 0.1) is 0 Å². The highest BCUT2D eigenvalue weighted by Crippen LogP contribution is 2.24. The van der Waals surface area contributed by atoms with Gasteiger partial charge in [-0.15, -0.1) is 0 Å². The minimum Gasteiger partial charge on any atom is -0.390 e. The van der Waals surface area contributed by atoms with Crippen molar-refractivity contribution in [2.24, 2.45) is 0 Å². The molecule has 0 radical (unpaired) electrons. The molecule has 1 aromatic heterocycles. The van der Waals surface area contributed by atoms with E-state index in [2.05, 4.69) is 15.0 Å². The maximum atomic E-state index is 9.92. The first-order valence-electron chi connectivity index (χ1n) is 5.94. The predicted molar refractivity (Wildman–Crippen MR) is 71.2 cm³/mol. The minimum atomic E-state index is -0.586. The van der Waals surface area contributed by atoms with Crippen LogP contribution >= 0.6 is 11.6 Å². The van der Waals surface area contributed by atoms with E-state index in [1.165, 1.54) is 0 Å². The van der Waals surface area contributed by atoms with E-state index in [1.807, 2.05) is 25.9 Å². The average Bonchev–Trinajstić information content (AvgIpc) is 2.28. The Balaban J connectivity index is 2.19. The van der Waals surface area contributed by atoms with Gasteiger partial charge in [0.25, 0.3) is 0 Å². The van der Waals surface area contributed by atoms with Gasteiger partial charge in [0.05, 0.1) is 5.60 Å². The monoisotopic (exact) mass is 271 g/mol. The number of halogens is 1. The fraction of sp³-hybridized carbons (Fsp3) is 0.727. The van der Waals surface area contributed by atoms with E-state index >= 15 is 0 Å². The van der Waals surface area contributed by atoms with Gasteiger partial charge in [-0.2, -0.15) is 15.0 Å². The number of hydrogen-bond donors (Lipinski definition) is 1. The Morgan fingerprint density at radius 3 is 2.39 bits per heavy atom. The van der Waals surface area contributed by atoms with Gasteiger partial charge in [0.2, 0.25) is 17.2 Å². The van der Waals surface area contributed by atoms with Gasteiger partial charge in [0.1, 0.15) is 0 Å². The molecule has 0 amide bonds. The molecule has 0 bridgehead atoms. The molecule has 7 heteroatoms. The van der Waals surface area contributed by atoms with Crippen LogP contribution < -0.4 is 9.80 Å². The lowest BCUT2D eigenvalue weighted by Gasteiger charge is -2.35. The average molecular weight is 272 g/mol. The molecule has 0 aromatic carbocycles. The maximum absolute atomic E-state index is 9.92. The quantitative estimate of drug-likeness (QED) is 0.864. The summed E-state index contributed by atoms with van der Waals surface area (Å²) in [4.78, 5) is 16.4. The molecule has 2 heterocycles. The molecule has 1 N–H and O–H groups in total. The van der Waals surface area contributed by atoms with Gasteiger partial charge in [-0.3, -0.25) is 0 Å². The van der Waals surface area contributed by atoms with Crippen molar-refractivity contribution in [2.75, 3.05) is 37.0 Å². The molecule has 18 heavy (non-hydrogen) atoms. The summed E-state index contributed by atoms with van der Waals surface area (Å²) >= 11 is 5.90. The number of aliphatic hydroxyl groups is 1. The molecule has 0 aliphatic carbocycles. The topological polar surface area (TPSA) is 65.4 Å². The van der Waals surface area contributed by atoms with Gasteiger partial charge in [0, 0.05) is 27.2 Å². The van der Waals surface area contributed by atoms with E-state index in [4.69, 9.17) is 11.6 Å². The van der Waals surface area contributed by atoms with E-state index < -0.39 is 5.60 Å². The van der Waals surface area contributed by atoms with Gasteiger partial charge in [0.15, 0.2) is 0 Å². The number of anilines is 2. The largest absolute Gasteiger partial charge is 0.390 e. The van der Waals surface area contributed by atoms with E-state index in [0.29, 0.717) is 24.7 Å². The molecule has 0 unspecified atom stereocenters. The van der Waals surface area contributed by atoms with Crippen LogP contribution in [0.1, 0.15) is 19.8 Å². The third kappa shape index (κ3) is 3.00. The third-order valence-corrected chi connectivity index (χ3v) is 3.28. The van der Waals surface area contributed by atoms with Gasteiger partial charge in [-0.25, -0.2) is 0 Å². The van der Waals surface area contributed by atoms with Crippen LogP contribution in [0.2, 0.25) is 5.28 Å². The number of rotatable bonds is 2. The summed E-state index contributed by atoms with van der Waals surface area (Å²) in [5.41, 5.74) is -0.586. The molecule has 0 spiro atoms. The van der Waals surface area contributed by atoms with Crippen molar-refractivity contribution in [1.82, 2.24) is 15.0 Å². The summed E-state index contributed by atoms with van der Waals surface area (Å²) in [6, 6.07) is 0. The molecular formula is C11H18ClN5O. The Bertz CT molecular complexity index is 427. The van der Waals surface area contributed by atoms with Crippen LogP contribution in [-0.2, 0) is 0 Å². The number of piperidine rings is 1. The van der Waals surface area contributed by atoms with E-state index in [9.17, 15) is 5.11 Å². The molecule has 0 saturated carbocycles. The fourth-order valence-corrected chi connectivity index (χ4v) is 2.01. The molecule has 0 atom stereocenters. The molecule has 1 aliphatic heterocycles. The van der Waals surface area contributed by atoms with Crippen molar-refractivity contribution in [3.05, 3.63) is 5.28 Å². The lowest BCUT2D eigenvalue weighted by molar-refractivity contribution is 0.0349. The van der Waals surface area contributed by atoms with Gasteiger partial charge < -0.3 is 14.9 Å². The Labute approximate surface area is 112 Å². The van der Waals surface area contributed by atoms with Crippen molar-refractivity contribution in [2.45, 2.75) is 25.4 Å². The van der Waals surface area contributed by atoms with Gasteiger partial charge >= 0.3 is 0 Å². The summed E-state index contributed by atoms with van der Waals surface area (Å²) in [5.74, 6) is 1.12. The Hall–Kier alpha value is -1.14. The second kappa shape index (κ2) is 4.85. The highest BCUT2D eigenvalue weighted by molar-refractivity contribution is 6.28. The SMILES string of the molecule is CN(C)c1nc(Cl)nc(N2CCC(C)(O)CC2)n1. The highest BCUT2D eigenvalue weighted by Gasteiger charge is 2.28. The molecular weight excluding hydrogens is 254 g/mol. The smallest absolute Gasteiger partial charge is 0.231 e. The Kier molecular flexibility index (Phi) is 3.59. The first kappa shape index (κ1) is 13.3. The minimum absolute atomic E-state index is 0.195. The summed E-state index contributed by atoms with van der Waals surface area (Å²) < 4.78 is 0. The summed E-state index contributed by atoms with van der Waals surface area (Å²) in [7, 11) is 3.72. The molecule has 1 aromatic rings. The van der Waals surface area contributed by atoms with Crippen LogP contribution in [-0.4, -0.2) is 52.8 Å². The Morgan fingerprint density at radius 1 is 1.22 bits per heavy atom. The molecule has 1 aliphatic rings. The van der Waals surface area contributed by atoms with Crippen LogP contribution in [0.15, 0.2) is 0 Å². The third-order valence-electron chi connectivity index (χ3n) is 3.11. The van der Waals surface area contributed by atoms with Gasteiger partial charge in [-0.1, -0.05) is 0 Å². The highest BCUT2D eigenvalue weighted by atomic mass is 35.5. The standard InChI is InChI=1S/C11H18ClN5O/c1-11(18)4-6-17(7-5-11)10-14-8(12)13-9(15-10)16(2)3/h18H,4-7H2,1-3H3. The zero-order valence-electron chi connectivity index (χ0n) is 10.9. The van der Waals surface area contributed by atoms with Crippen molar-refractivity contribution in [3.63, 3.8) is 0 Å². The zero-order chi connectivity index (χ0) is 13.3. The first-order valence-corrected chi connectivity index (χ1v) is 6.31. The summed E-state index contributed by atoms with van der Waals surface area (Å²) in [5, 5.41) is 10.1. The lowest BCUT2D eigenvalue weighted by atomic mass is 9.94. The van der Waals surface area contributed by atoms with Crippen LogP contribution in [0.3, 0.4) is 0 Å². The van der Waals surface area contributed by atoms with Gasteiger partial charge in [-0.05, 0) is 31.4 Å². The van der Waals surface area contributed by atoms with Crippen LogP contribution in [0.5, 0.6) is 0 Å². The van der Waals surface area contributed by atoms with Crippen molar-refractivity contribution in [1.29, 1.82) is 0 Å². The number of aromatic nitrogens is 3. The zero-order valence-corrected chi connectivity index (χ0v) is 11.6. The van der Waals surface area contributed by atoms with Crippen molar-refractivity contribution >= 4 is 23.5 Å². The molecule has 1 fully saturated rings. The maximum Gasteiger partial charge on any atom is 0.231 e. The second-order valence-corrected chi connectivity index (χ2v) is 5.42. The number of nitrogens with zero attached hydrogens (tertiary/aromatic N) is 5. The number of hydrogen-bond acceptors (Lipinski definition) is 6. The summed E-state index contributed by atoms with van der Waals surface area (Å²) in [6.45, 7) is 3.30. The normalized spacial score (nSPS) is 18.8. The molecule has 2 rings (SSSR count). The van der Waals surface area contributed by atoms with Crippen LogP contribution in [0.25, 0.3) is 0 Å². The summed E-state index contributed by atoms with van der Waals surface area (Å²) in [6.07, 6.45) is 1.40. The van der Waals surface area contributed by atoms with Crippen molar-refractivity contribution < 1.29 is 5.11 Å². The van der Waals surface area contributed by atoms with Crippen molar-refractivity contribution in [3.8, 4) is 0 Å². The van der Waals surface area contributed by atoms with Crippen LogP contribution in [0.4, 0.5) is 11.9 Å². The molecule has 1 saturated heterocycles. The lowest BCUT2D eigenvalue weighted by Crippen LogP contribution is -2.43. The first-order chi connectivity index (χ1) is 8.37.